The smallest absolute Gasteiger partial charge is 0.356 e. The van der Waals surface area contributed by atoms with Crippen LogP contribution in [-0.2, 0) is 6.54 Å². The highest BCUT2D eigenvalue weighted by molar-refractivity contribution is 9.10. The van der Waals surface area contributed by atoms with Crippen LogP contribution in [0.3, 0.4) is 0 Å². The van der Waals surface area contributed by atoms with Gasteiger partial charge in [-0.25, -0.2) is 4.79 Å². The number of hydrogen-bond acceptors (Lipinski definition) is 3. The molecule has 1 aliphatic rings. The normalized spacial score (nSPS) is 13.5. The number of halogens is 2. The molecule has 1 aromatic carbocycles. The van der Waals surface area contributed by atoms with E-state index in [0.717, 1.165) is 15.7 Å². The number of carbonyl (C=O) groups excluding carboxylic acids is 1. The van der Waals surface area contributed by atoms with Crippen LogP contribution in [0.5, 0.6) is 0 Å². The van der Waals surface area contributed by atoms with E-state index in [2.05, 4.69) is 21.0 Å². The van der Waals surface area contributed by atoms with Gasteiger partial charge >= 0.3 is 5.97 Å². The van der Waals surface area contributed by atoms with Crippen LogP contribution in [0.2, 0.25) is 0 Å². The molecule has 0 saturated heterocycles. The van der Waals surface area contributed by atoms with Gasteiger partial charge in [0, 0.05) is 22.8 Å². The predicted molar refractivity (Wildman–Crippen MR) is 87.0 cm³/mol. The first kappa shape index (κ1) is 16.5. The van der Waals surface area contributed by atoms with Gasteiger partial charge in [-0.15, -0.1) is 12.4 Å². The molecule has 3 rings (SSSR count). The van der Waals surface area contributed by atoms with E-state index < -0.39 is 5.97 Å². The second kappa shape index (κ2) is 6.10. The highest BCUT2D eigenvalue weighted by Gasteiger charge is 2.29. The van der Waals surface area contributed by atoms with Crippen LogP contribution in [0.1, 0.15) is 26.5 Å². The van der Waals surface area contributed by atoms with Crippen molar-refractivity contribution in [1.82, 2.24) is 9.78 Å². The molecule has 116 valence electrons. The van der Waals surface area contributed by atoms with E-state index in [9.17, 15) is 9.59 Å². The Balaban J connectivity index is 0.00000176. The molecule has 0 saturated carbocycles. The van der Waals surface area contributed by atoms with Crippen molar-refractivity contribution in [2.45, 2.75) is 13.5 Å². The fourth-order valence-corrected chi connectivity index (χ4v) is 2.93. The minimum absolute atomic E-state index is 0. The van der Waals surface area contributed by atoms with E-state index >= 15 is 0 Å². The lowest BCUT2D eigenvalue weighted by molar-refractivity contribution is 0.0689. The molecule has 6 nitrogen and oxygen atoms in total. The third kappa shape index (κ3) is 2.74. The van der Waals surface area contributed by atoms with Crippen molar-refractivity contribution in [2.75, 3.05) is 11.4 Å². The SMILES string of the molecule is Cc1cc(Br)ccc1N1CCn2nc(C(=O)O)cc2C1=O.Cl. The van der Waals surface area contributed by atoms with Crippen molar-refractivity contribution in [3.8, 4) is 0 Å². The third-order valence-electron chi connectivity index (χ3n) is 3.45. The van der Waals surface area contributed by atoms with Crippen molar-refractivity contribution in [3.63, 3.8) is 0 Å². The largest absolute Gasteiger partial charge is 0.476 e. The molecule has 0 atom stereocenters. The predicted octanol–water partition coefficient (Wildman–Crippen LogP) is 2.73. The average Bonchev–Trinajstić information content (AvgIpc) is 2.85. The van der Waals surface area contributed by atoms with Gasteiger partial charge in [0.05, 0.1) is 6.54 Å². The van der Waals surface area contributed by atoms with Gasteiger partial charge in [0.25, 0.3) is 5.91 Å². The van der Waals surface area contributed by atoms with Crippen molar-refractivity contribution in [3.05, 3.63) is 45.7 Å². The standard InChI is InChI=1S/C14H12BrN3O3.ClH/c1-8-6-9(15)2-3-11(8)17-4-5-18-12(13(17)19)7-10(16-18)14(20)21;/h2-3,6-7H,4-5H2,1H3,(H,20,21);1H. The fourth-order valence-electron chi connectivity index (χ4n) is 2.45. The van der Waals surface area contributed by atoms with Crippen molar-refractivity contribution in [1.29, 1.82) is 0 Å². The quantitative estimate of drug-likeness (QED) is 0.861. The Morgan fingerprint density at radius 1 is 1.32 bits per heavy atom. The number of amides is 1. The zero-order valence-corrected chi connectivity index (χ0v) is 14.0. The minimum Gasteiger partial charge on any atom is -0.476 e. The summed E-state index contributed by atoms with van der Waals surface area (Å²) in [6.07, 6.45) is 0. The first-order valence-electron chi connectivity index (χ1n) is 6.36. The minimum atomic E-state index is -1.13. The first-order chi connectivity index (χ1) is 9.97. The van der Waals surface area contributed by atoms with Crippen LogP contribution in [0.4, 0.5) is 5.69 Å². The van der Waals surface area contributed by atoms with Gasteiger partial charge in [-0.3, -0.25) is 9.48 Å². The van der Waals surface area contributed by atoms with Gasteiger partial charge in [-0.1, -0.05) is 15.9 Å². The van der Waals surface area contributed by atoms with E-state index in [1.807, 2.05) is 25.1 Å². The van der Waals surface area contributed by atoms with Gasteiger partial charge < -0.3 is 10.0 Å². The zero-order chi connectivity index (χ0) is 15.1. The lowest BCUT2D eigenvalue weighted by Crippen LogP contribution is -2.40. The van der Waals surface area contributed by atoms with Crippen LogP contribution < -0.4 is 4.90 Å². The maximum atomic E-state index is 12.6. The maximum absolute atomic E-state index is 12.6. The number of fused-ring (bicyclic) bond motifs is 1. The summed E-state index contributed by atoms with van der Waals surface area (Å²) in [4.78, 5) is 25.2. The lowest BCUT2D eigenvalue weighted by atomic mass is 10.1. The highest BCUT2D eigenvalue weighted by Crippen LogP contribution is 2.27. The topological polar surface area (TPSA) is 75.4 Å². The lowest BCUT2D eigenvalue weighted by Gasteiger charge is -2.28. The average molecular weight is 387 g/mol. The number of carboxylic acids is 1. The molecular formula is C14H13BrClN3O3. The maximum Gasteiger partial charge on any atom is 0.356 e. The Morgan fingerprint density at radius 3 is 2.68 bits per heavy atom. The molecule has 1 aliphatic heterocycles. The molecule has 0 spiro atoms. The van der Waals surface area contributed by atoms with Gasteiger partial charge in [-0.2, -0.15) is 5.10 Å². The summed E-state index contributed by atoms with van der Waals surface area (Å²) in [5.41, 5.74) is 2.00. The van der Waals surface area contributed by atoms with Crippen LogP contribution in [0.25, 0.3) is 0 Å². The number of carboxylic acid groups (broad SMARTS) is 1. The van der Waals surface area contributed by atoms with Gasteiger partial charge in [0.2, 0.25) is 0 Å². The number of carbonyl (C=O) groups is 2. The second-order valence-corrected chi connectivity index (χ2v) is 5.75. The molecule has 0 aliphatic carbocycles. The zero-order valence-electron chi connectivity index (χ0n) is 11.6. The number of benzene rings is 1. The van der Waals surface area contributed by atoms with Gasteiger partial charge in [-0.05, 0) is 30.7 Å². The van der Waals surface area contributed by atoms with Crippen molar-refractivity contribution in [2.24, 2.45) is 0 Å². The van der Waals surface area contributed by atoms with E-state index in [1.54, 1.807) is 4.90 Å². The molecule has 2 heterocycles. The first-order valence-corrected chi connectivity index (χ1v) is 7.16. The van der Waals surface area contributed by atoms with Crippen LogP contribution in [0.15, 0.2) is 28.7 Å². The Hall–Kier alpha value is -1.86. The summed E-state index contributed by atoms with van der Waals surface area (Å²) in [6.45, 7) is 2.88. The number of aromatic carboxylic acids is 1. The fraction of sp³-hybridized carbons (Fsp3) is 0.214. The molecule has 1 amide bonds. The molecule has 1 aromatic heterocycles. The number of rotatable bonds is 2. The Morgan fingerprint density at radius 2 is 2.05 bits per heavy atom. The van der Waals surface area contributed by atoms with Crippen molar-refractivity contribution < 1.29 is 14.7 Å². The summed E-state index contributed by atoms with van der Waals surface area (Å²) in [7, 11) is 0. The number of aromatic nitrogens is 2. The molecule has 8 heteroatoms. The monoisotopic (exact) mass is 385 g/mol. The summed E-state index contributed by atoms with van der Waals surface area (Å²) < 4.78 is 2.41. The van der Waals surface area contributed by atoms with Gasteiger partial charge in [0.1, 0.15) is 5.69 Å². The van der Waals surface area contributed by atoms with Crippen molar-refractivity contribution >= 4 is 45.9 Å². The Labute approximate surface area is 141 Å². The Kier molecular flexibility index (Phi) is 4.58. The summed E-state index contributed by atoms with van der Waals surface area (Å²) in [5, 5.41) is 12.9. The van der Waals surface area contributed by atoms with Crippen LogP contribution in [0, 0.1) is 6.92 Å². The van der Waals surface area contributed by atoms with Crippen LogP contribution in [-0.4, -0.2) is 33.3 Å². The van der Waals surface area contributed by atoms with E-state index in [0.29, 0.717) is 18.8 Å². The van der Waals surface area contributed by atoms with Gasteiger partial charge in [0.15, 0.2) is 5.69 Å². The molecule has 0 unspecified atom stereocenters. The number of aryl methyl sites for hydroxylation is 1. The summed E-state index contributed by atoms with van der Waals surface area (Å²) >= 11 is 3.40. The number of hydrogen-bond donors (Lipinski definition) is 1. The molecule has 0 bridgehead atoms. The van der Waals surface area contributed by atoms with E-state index in [1.165, 1.54) is 10.7 Å². The second-order valence-electron chi connectivity index (χ2n) is 4.83. The molecule has 0 fully saturated rings. The highest BCUT2D eigenvalue weighted by atomic mass is 79.9. The molecule has 2 aromatic rings. The van der Waals surface area contributed by atoms with E-state index in [-0.39, 0.29) is 24.0 Å². The molecule has 22 heavy (non-hydrogen) atoms. The molecule has 0 radical (unpaired) electrons. The molecular weight excluding hydrogens is 374 g/mol. The molecule has 1 N–H and O–H groups in total. The summed E-state index contributed by atoms with van der Waals surface area (Å²) in [6, 6.07) is 7.02. The Bertz CT molecular complexity index is 760. The summed E-state index contributed by atoms with van der Waals surface area (Å²) in [5.74, 6) is -1.36. The van der Waals surface area contributed by atoms with Crippen LogP contribution >= 0.6 is 28.3 Å². The third-order valence-corrected chi connectivity index (χ3v) is 3.94. The number of nitrogens with zero attached hydrogens (tertiary/aromatic N) is 3. The van der Waals surface area contributed by atoms with E-state index in [4.69, 9.17) is 5.11 Å². The number of anilines is 1.